The first-order chi connectivity index (χ1) is 18.5. The molecule has 6 rings (SSSR count). The number of amides is 1. The summed E-state index contributed by atoms with van der Waals surface area (Å²) >= 11 is 0. The van der Waals surface area contributed by atoms with Crippen molar-refractivity contribution in [2.45, 2.75) is 77.2 Å². The van der Waals surface area contributed by atoms with Crippen LogP contribution < -0.4 is 10.9 Å². The number of carbonyl (C=O) groups excluding carboxylic acids is 2. The molecule has 2 aromatic heterocycles. The Labute approximate surface area is 223 Å². The van der Waals surface area contributed by atoms with Crippen molar-refractivity contribution in [1.82, 2.24) is 14.9 Å². The number of aryl methyl sites for hydroxylation is 1. The number of esters is 1. The van der Waals surface area contributed by atoms with E-state index in [0.717, 1.165) is 22.1 Å². The molecule has 1 aliphatic carbocycles. The molecule has 39 heavy (non-hydrogen) atoms. The Kier molecular flexibility index (Phi) is 5.71. The fourth-order valence-electron chi connectivity index (χ4n) is 6.54. The largest absolute Gasteiger partial charge is 0.458 e. The van der Waals surface area contributed by atoms with Crippen molar-refractivity contribution < 1.29 is 28.9 Å². The highest BCUT2D eigenvalue weighted by Crippen LogP contribution is 2.48. The van der Waals surface area contributed by atoms with Crippen LogP contribution in [0.5, 0.6) is 0 Å². The van der Waals surface area contributed by atoms with Gasteiger partial charge in [-0.15, -0.1) is 0 Å². The Morgan fingerprint density at radius 3 is 2.74 bits per heavy atom. The molecule has 0 saturated carbocycles. The minimum absolute atomic E-state index is 0.0246. The van der Waals surface area contributed by atoms with Crippen molar-refractivity contribution in [2.24, 2.45) is 0 Å². The third kappa shape index (κ3) is 3.50. The van der Waals surface area contributed by atoms with Gasteiger partial charge in [-0.05, 0) is 62.3 Å². The second-order valence-electron chi connectivity index (χ2n) is 11.0. The number of pyridine rings is 2. The Morgan fingerprint density at radius 2 is 2.03 bits per heavy atom. The van der Waals surface area contributed by atoms with E-state index >= 15 is 4.39 Å². The van der Waals surface area contributed by atoms with Crippen molar-refractivity contribution in [3.8, 4) is 11.4 Å². The third-order valence-corrected chi connectivity index (χ3v) is 8.71. The number of aliphatic hydroxyl groups is 2. The predicted octanol–water partition coefficient (Wildman–Crippen LogP) is 2.58. The molecule has 0 spiro atoms. The molecule has 0 bridgehead atoms. The van der Waals surface area contributed by atoms with E-state index in [4.69, 9.17) is 9.72 Å². The van der Waals surface area contributed by atoms with Gasteiger partial charge in [-0.1, -0.05) is 6.92 Å². The van der Waals surface area contributed by atoms with Gasteiger partial charge in [-0.3, -0.25) is 9.59 Å². The van der Waals surface area contributed by atoms with E-state index in [1.165, 1.54) is 6.07 Å². The quantitative estimate of drug-likeness (QED) is 0.335. The highest BCUT2D eigenvalue weighted by Gasteiger charge is 2.46. The van der Waals surface area contributed by atoms with Crippen LogP contribution >= 0.6 is 0 Å². The fourth-order valence-corrected chi connectivity index (χ4v) is 6.54. The first kappa shape index (κ1) is 25.6. The molecule has 1 aromatic carbocycles. The van der Waals surface area contributed by atoms with Crippen LogP contribution in [0.2, 0.25) is 0 Å². The highest BCUT2D eigenvalue weighted by molar-refractivity contribution is 5.94. The second-order valence-corrected chi connectivity index (χ2v) is 11.0. The van der Waals surface area contributed by atoms with Crippen LogP contribution in [0.4, 0.5) is 4.39 Å². The van der Waals surface area contributed by atoms with Gasteiger partial charge < -0.3 is 24.8 Å². The van der Waals surface area contributed by atoms with Gasteiger partial charge in [0.05, 0.1) is 34.6 Å². The lowest BCUT2D eigenvalue weighted by atomic mass is 9.74. The highest BCUT2D eigenvalue weighted by atomic mass is 19.1. The smallest absolute Gasteiger partial charge is 0.343 e. The number of carbonyl (C=O) groups is 2. The number of aliphatic hydroxyl groups excluding tert-OH is 1. The number of nitrogens with one attached hydrogen (secondary N) is 1. The van der Waals surface area contributed by atoms with Crippen molar-refractivity contribution in [1.29, 1.82) is 0 Å². The van der Waals surface area contributed by atoms with Crippen LogP contribution in [-0.2, 0) is 45.0 Å². The summed E-state index contributed by atoms with van der Waals surface area (Å²) in [4.78, 5) is 43.9. The zero-order valence-corrected chi connectivity index (χ0v) is 22.1. The van der Waals surface area contributed by atoms with Crippen molar-refractivity contribution >= 4 is 22.8 Å². The average Bonchev–Trinajstić information content (AvgIpc) is 3.27. The van der Waals surface area contributed by atoms with E-state index < -0.39 is 17.1 Å². The number of hydrogen-bond acceptors (Lipinski definition) is 7. The van der Waals surface area contributed by atoms with Gasteiger partial charge in [0.25, 0.3) is 5.56 Å². The van der Waals surface area contributed by atoms with Gasteiger partial charge in [0.1, 0.15) is 12.4 Å². The summed E-state index contributed by atoms with van der Waals surface area (Å²) in [6.45, 7) is 5.15. The molecule has 204 valence electrons. The Balaban J connectivity index is 1.63. The fraction of sp³-hybridized carbons (Fsp3) is 0.448. The molecular formula is C29H30FN3O6. The minimum atomic E-state index is -1.96. The molecule has 1 amide bonds. The Hall–Kier alpha value is -3.63. The summed E-state index contributed by atoms with van der Waals surface area (Å²) in [6, 6.07) is 3.01. The molecule has 9 nitrogen and oxygen atoms in total. The molecule has 0 fully saturated rings. The Bertz CT molecular complexity index is 1660. The van der Waals surface area contributed by atoms with Gasteiger partial charge in [0.2, 0.25) is 5.91 Å². The van der Waals surface area contributed by atoms with Gasteiger partial charge in [0.15, 0.2) is 5.60 Å². The molecule has 10 heteroatoms. The maximum atomic E-state index is 15.0. The number of nitrogens with zero attached hydrogens (tertiary/aromatic N) is 2. The zero-order valence-electron chi connectivity index (χ0n) is 22.1. The third-order valence-electron chi connectivity index (χ3n) is 8.71. The van der Waals surface area contributed by atoms with Crippen molar-refractivity contribution in [2.75, 3.05) is 6.61 Å². The number of aromatic nitrogens is 2. The zero-order chi connectivity index (χ0) is 27.9. The summed E-state index contributed by atoms with van der Waals surface area (Å²) in [5, 5.41) is 24.3. The molecule has 3 aromatic rings. The van der Waals surface area contributed by atoms with Gasteiger partial charge >= 0.3 is 5.97 Å². The number of ether oxygens (including phenoxy) is 1. The molecular weight excluding hydrogens is 505 g/mol. The maximum absolute atomic E-state index is 15.0. The molecule has 0 unspecified atom stereocenters. The lowest BCUT2D eigenvalue weighted by molar-refractivity contribution is -0.172. The summed E-state index contributed by atoms with van der Waals surface area (Å²) in [6.07, 6.45) is 1.57. The standard InChI is InChI=1S/C29H30FN3O6/c1-4-29(38)18-10-21-25-16(12-33(21)26(36)17(18)13-39-27(29)37)24-23-15(14(2)19(30)11-20(23)31-25)7-8-28(24,3)32-22(35)6-5-9-34/h10-11,34,38H,4-9,12-13H2,1-3H3,(H,32,35)/t28-,29-/m0/s1. The minimum Gasteiger partial charge on any atom is -0.458 e. The SMILES string of the molecule is CC[C@@]1(O)C(=O)OCc2c1cc1n(c2=O)Cc2c-1nc1cc(F)c(C)c3c1c2[C@@](C)(NC(=O)CCCO)CC3. The second kappa shape index (κ2) is 8.69. The molecule has 2 aliphatic heterocycles. The number of halogens is 1. The monoisotopic (exact) mass is 535 g/mol. The van der Waals surface area contributed by atoms with Crippen LogP contribution in [-0.4, -0.2) is 38.2 Å². The summed E-state index contributed by atoms with van der Waals surface area (Å²) in [5.41, 5.74) is 1.46. The normalized spacial score (nSPS) is 22.8. The molecule has 0 radical (unpaired) electrons. The van der Waals surface area contributed by atoms with E-state index in [-0.39, 0.29) is 61.0 Å². The van der Waals surface area contributed by atoms with Crippen molar-refractivity contribution in [3.63, 3.8) is 0 Å². The first-order valence-electron chi connectivity index (χ1n) is 13.3. The van der Waals surface area contributed by atoms with E-state index in [0.29, 0.717) is 41.7 Å². The van der Waals surface area contributed by atoms with Crippen LogP contribution in [0.1, 0.15) is 72.9 Å². The number of rotatable bonds is 5. The van der Waals surface area contributed by atoms with Gasteiger partial charge in [0, 0.05) is 35.6 Å². The van der Waals surface area contributed by atoms with Crippen LogP contribution in [0.15, 0.2) is 16.9 Å². The number of hydrogen-bond donors (Lipinski definition) is 3. The number of benzene rings is 1. The topological polar surface area (TPSA) is 131 Å². The molecule has 4 heterocycles. The Morgan fingerprint density at radius 1 is 1.26 bits per heavy atom. The predicted molar refractivity (Wildman–Crippen MR) is 139 cm³/mol. The molecule has 3 aliphatic rings. The molecule has 2 atom stereocenters. The number of cyclic esters (lactones) is 1. The van der Waals surface area contributed by atoms with Crippen LogP contribution in [0.3, 0.4) is 0 Å². The van der Waals surface area contributed by atoms with E-state index in [1.54, 1.807) is 24.5 Å². The van der Waals surface area contributed by atoms with E-state index in [2.05, 4.69) is 5.32 Å². The van der Waals surface area contributed by atoms with Crippen LogP contribution in [0, 0.1) is 12.7 Å². The van der Waals surface area contributed by atoms with Gasteiger partial charge in [-0.25, -0.2) is 14.2 Å². The lowest BCUT2D eigenvalue weighted by Gasteiger charge is -2.38. The first-order valence-corrected chi connectivity index (χ1v) is 13.3. The average molecular weight is 536 g/mol. The van der Waals surface area contributed by atoms with Gasteiger partial charge in [-0.2, -0.15) is 0 Å². The van der Waals surface area contributed by atoms with Crippen molar-refractivity contribution in [3.05, 3.63) is 61.7 Å². The summed E-state index contributed by atoms with van der Waals surface area (Å²) in [5.74, 6) is -1.39. The molecule has 0 saturated heterocycles. The number of fused-ring (bicyclic) bond motifs is 5. The van der Waals surface area contributed by atoms with Crippen LogP contribution in [0.25, 0.3) is 22.3 Å². The molecule has 3 N–H and O–H groups in total. The van der Waals surface area contributed by atoms with E-state index in [1.807, 2.05) is 6.92 Å². The summed E-state index contributed by atoms with van der Waals surface area (Å²) in [7, 11) is 0. The summed E-state index contributed by atoms with van der Waals surface area (Å²) < 4.78 is 21.8. The van der Waals surface area contributed by atoms with E-state index in [9.17, 15) is 24.6 Å². The lowest BCUT2D eigenvalue weighted by Crippen LogP contribution is -2.46. The maximum Gasteiger partial charge on any atom is 0.343 e.